The van der Waals surface area contributed by atoms with Crippen LogP contribution < -0.4 is 4.90 Å². The topological polar surface area (TPSA) is 37.6 Å². The Labute approximate surface area is 145 Å². The van der Waals surface area contributed by atoms with Crippen LogP contribution in [-0.2, 0) is 11.3 Å². The van der Waals surface area contributed by atoms with E-state index in [0.29, 0.717) is 6.54 Å². The molecule has 1 amide bonds. The minimum atomic E-state index is -0.00911. The Hall–Kier alpha value is -2.59. The van der Waals surface area contributed by atoms with E-state index in [9.17, 15) is 4.79 Å². The van der Waals surface area contributed by atoms with Gasteiger partial charge in [0.15, 0.2) is 0 Å². The van der Waals surface area contributed by atoms with Crippen molar-refractivity contribution in [1.29, 1.82) is 0 Å². The fourth-order valence-corrected chi connectivity index (χ4v) is 3.30. The highest BCUT2D eigenvalue weighted by atomic mass is 35.5. The van der Waals surface area contributed by atoms with E-state index in [1.807, 2.05) is 49.7 Å². The molecule has 0 spiro atoms. The molecule has 1 aromatic heterocycles. The van der Waals surface area contributed by atoms with Gasteiger partial charge in [-0.05, 0) is 23.8 Å². The third kappa shape index (κ3) is 2.39. The van der Waals surface area contributed by atoms with E-state index in [1.165, 1.54) is 0 Å². The van der Waals surface area contributed by atoms with Gasteiger partial charge < -0.3 is 4.57 Å². The maximum Gasteiger partial charge on any atom is 0.249 e. The zero-order chi connectivity index (χ0) is 16.7. The van der Waals surface area contributed by atoms with E-state index in [0.717, 1.165) is 32.9 Å². The number of likely N-dealkylation sites (N-methyl/N-ethyl adjacent to an activating group) is 1. The average Bonchev–Trinajstić information content (AvgIpc) is 2.81. The molecule has 4 nitrogen and oxygen atoms in total. The monoisotopic (exact) mass is 337 g/mol. The molecule has 0 saturated carbocycles. The molecule has 1 aliphatic rings. The van der Waals surface area contributed by atoms with Crippen molar-refractivity contribution in [3.05, 3.63) is 64.7 Å². The molecule has 2 aromatic carbocycles. The van der Waals surface area contributed by atoms with Gasteiger partial charge in [-0.15, -0.1) is 0 Å². The van der Waals surface area contributed by atoms with Gasteiger partial charge in [0.05, 0.1) is 5.52 Å². The third-order valence-corrected chi connectivity index (χ3v) is 4.63. The molecule has 0 unspecified atom stereocenters. The van der Waals surface area contributed by atoms with E-state index < -0.39 is 0 Å². The number of hydrogen-bond acceptors (Lipinski definition) is 2. The number of halogens is 1. The van der Waals surface area contributed by atoms with Crippen LogP contribution in [0.15, 0.2) is 53.5 Å². The summed E-state index contributed by atoms with van der Waals surface area (Å²) in [6, 6.07) is 16.0. The molecule has 0 saturated heterocycles. The van der Waals surface area contributed by atoms with E-state index in [-0.39, 0.29) is 12.5 Å². The van der Waals surface area contributed by atoms with Crippen molar-refractivity contribution in [2.24, 2.45) is 4.99 Å². The van der Waals surface area contributed by atoms with Gasteiger partial charge in [0.1, 0.15) is 12.4 Å². The summed E-state index contributed by atoms with van der Waals surface area (Å²) in [7, 11) is 1.81. The molecule has 0 N–H and O–H groups in total. The van der Waals surface area contributed by atoms with Gasteiger partial charge in [-0.25, -0.2) is 0 Å². The van der Waals surface area contributed by atoms with Gasteiger partial charge in [-0.3, -0.25) is 14.7 Å². The van der Waals surface area contributed by atoms with Crippen LogP contribution in [0.2, 0.25) is 5.02 Å². The standard InChI is InChI=1S/C19H16ClN3O/c1-22-18(24)11-21-10-16-15-4-2-3-5-17(15)23(19(16)22)12-13-6-8-14(20)9-7-13/h2-10H,11-12H2,1H3. The smallest absolute Gasteiger partial charge is 0.249 e. The normalized spacial score (nSPS) is 14.1. The summed E-state index contributed by atoms with van der Waals surface area (Å²) in [5, 5.41) is 1.82. The van der Waals surface area contributed by atoms with Crippen molar-refractivity contribution >= 4 is 40.4 Å². The molecule has 4 rings (SSSR count). The molecular weight excluding hydrogens is 322 g/mol. The van der Waals surface area contributed by atoms with Crippen LogP contribution >= 0.6 is 11.6 Å². The molecule has 0 aliphatic carbocycles. The minimum absolute atomic E-state index is 0.00911. The van der Waals surface area contributed by atoms with Gasteiger partial charge in [0.25, 0.3) is 0 Å². The number of aromatic nitrogens is 1. The number of fused-ring (bicyclic) bond motifs is 3. The van der Waals surface area contributed by atoms with Crippen LogP contribution in [0.1, 0.15) is 11.1 Å². The van der Waals surface area contributed by atoms with Crippen LogP contribution in [0.3, 0.4) is 0 Å². The highest BCUT2D eigenvalue weighted by Gasteiger charge is 2.24. The SMILES string of the molecule is CN1C(=O)CN=Cc2c1n(Cc1ccc(Cl)cc1)c1ccccc21. The van der Waals surface area contributed by atoms with Crippen LogP contribution in [0, 0.1) is 0 Å². The second-order valence-corrected chi connectivity index (χ2v) is 6.33. The lowest BCUT2D eigenvalue weighted by Crippen LogP contribution is -2.30. The third-order valence-electron chi connectivity index (χ3n) is 4.37. The van der Waals surface area contributed by atoms with Gasteiger partial charge in [0, 0.05) is 35.8 Å². The lowest BCUT2D eigenvalue weighted by Gasteiger charge is -2.19. The van der Waals surface area contributed by atoms with E-state index >= 15 is 0 Å². The van der Waals surface area contributed by atoms with Crippen LogP contribution in [-0.4, -0.2) is 30.3 Å². The number of nitrogens with zero attached hydrogens (tertiary/aromatic N) is 3. The molecule has 0 atom stereocenters. The second-order valence-electron chi connectivity index (χ2n) is 5.89. The van der Waals surface area contributed by atoms with Crippen molar-refractivity contribution < 1.29 is 4.79 Å². The molecule has 0 radical (unpaired) electrons. The van der Waals surface area contributed by atoms with Gasteiger partial charge in [-0.1, -0.05) is 41.9 Å². The van der Waals surface area contributed by atoms with E-state index in [4.69, 9.17) is 11.6 Å². The molecule has 0 fully saturated rings. The number of hydrogen-bond donors (Lipinski definition) is 0. The minimum Gasteiger partial charge on any atom is -0.322 e. The highest BCUT2D eigenvalue weighted by Crippen LogP contribution is 2.33. The first-order valence-corrected chi connectivity index (χ1v) is 8.15. The Bertz CT molecular complexity index is 957. The molecule has 120 valence electrons. The lowest BCUT2D eigenvalue weighted by molar-refractivity contribution is -0.117. The van der Waals surface area contributed by atoms with Crippen LogP contribution in [0.25, 0.3) is 10.9 Å². The average molecular weight is 338 g/mol. The molecule has 24 heavy (non-hydrogen) atoms. The number of rotatable bonds is 2. The highest BCUT2D eigenvalue weighted by molar-refractivity contribution is 6.30. The summed E-state index contributed by atoms with van der Waals surface area (Å²) in [6.07, 6.45) is 1.82. The van der Waals surface area contributed by atoms with E-state index in [1.54, 1.807) is 4.90 Å². The summed E-state index contributed by atoms with van der Waals surface area (Å²) < 4.78 is 2.17. The number of carbonyl (C=O) groups is 1. The number of para-hydroxylation sites is 1. The summed E-state index contributed by atoms with van der Waals surface area (Å²) in [5.41, 5.74) is 3.21. The molecule has 2 heterocycles. The molecule has 5 heteroatoms. The quantitative estimate of drug-likeness (QED) is 0.702. The zero-order valence-electron chi connectivity index (χ0n) is 13.2. The number of carbonyl (C=O) groups excluding carboxylic acids is 1. The Morgan fingerprint density at radius 1 is 1.12 bits per heavy atom. The van der Waals surface area contributed by atoms with Crippen molar-refractivity contribution in [2.75, 3.05) is 18.5 Å². The fraction of sp³-hybridized carbons (Fsp3) is 0.158. The number of benzene rings is 2. The maximum atomic E-state index is 12.3. The first kappa shape index (κ1) is 15.0. The van der Waals surface area contributed by atoms with Crippen LogP contribution in [0.5, 0.6) is 0 Å². The van der Waals surface area contributed by atoms with Crippen molar-refractivity contribution in [2.45, 2.75) is 6.54 Å². The fourth-order valence-electron chi connectivity index (χ4n) is 3.18. The van der Waals surface area contributed by atoms with Crippen molar-refractivity contribution in [3.8, 4) is 0 Å². The predicted octanol–water partition coefficient (Wildman–Crippen LogP) is 3.74. The summed E-state index contributed by atoms with van der Waals surface area (Å²) in [4.78, 5) is 18.3. The van der Waals surface area contributed by atoms with E-state index in [2.05, 4.69) is 21.7 Å². The van der Waals surface area contributed by atoms with Crippen molar-refractivity contribution in [1.82, 2.24) is 4.57 Å². The van der Waals surface area contributed by atoms with Gasteiger partial charge >= 0.3 is 0 Å². The number of anilines is 1. The largest absolute Gasteiger partial charge is 0.322 e. The molecule has 3 aromatic rings. The zero-order valence-corrected chi connectivity index (χ0v) is 14.0. The van der Waals surface area contributed by atoms with Crippen LogP contribution in [0.4, 0.5) is 5.82 Å². The van der Waals surface area contributed by atoms with Crippen molar-refractivity contribution in [3.63, 3.8) is 0 Å². The summed E-state index contributed by atoms with van der Waals surface area (Å²) >= 11 is 5.99. The Morgan fingerprint density at radius 2 is 1.88 bits per heavy atom. The number of amides is 1. The Balaban J connectivity index is 1.94. The number of aliphatic imine (C=N–C) groups is 1. The Morgan fingerprint density at radius 3 is 2.67 bits per heavy atom. The first-order valence-electron chi connectivity index (χ1n) is 7.77. The summed E-state index contributed by atoms with van der Waals surface area (Å²) in [6.45, 7) is 0.846. The lowest BCUT2D eigenvalue weighted by atomic mass is 10.2. The Kier molecular flexibility index (Phi) is 3.62. The predicted molar refractivity (Wildman–Crippen MR) is 98.4 cm³/mol. The maximum absolute atomic E-state index is 12.3. The molecule has 0 bridgehead atoms. The van der Waals surface area contributed by atoms with Gasteiger partial charge in [0.2, 0.25) is 5.91 Å². The second kappa shape index (κ2) is 5.80. The summed E-state index contributed by atoms with van der Waals surface area (Å²) in [5.74, 6) is 0.877. The van der Waals surface area contributed by atoms with Gasteiger partial charge in [-0.2, -0.15) is 0 Å². The first-order chi connectivity index (χ1) is 11.6. The molecule has 1 aliphatic heterocycles. The molecular formula is C19H16ClN3O.